The van der Waals surface area contributed by atoms with Crippen LogP contribution < -0.4 is 4.74 Å². The van der Waals surface area contributed by atoms with Gasteiger partial charge in [0, 0.05) is 12.1 Å². The zero-order chi connectivity index (χ0) is 15.1. The van der Waals surface area contributed by atoms with Gasteiger partial charge in [0.05, 0.1) is 5.88 Å². The number of nitrogens with zero attached hydrogens (tertiary/aromatic N) is 3. The van der Waals surface area contributed by atoms with E-state index in [1.165, 1.54) is 0 Å². The van der Waals surface area contributed by atoms with E-state index in [-0.39, 0.29) is 0 Å². The Kier molecular flexibility index (Phi) is 5.65. The van der Waals surface area contributed by atoms with Gasteiger partial charge in [-0.25, -0.2) is 9.67 Å². The van der Waals surface area contributed by atoms with Crippen LogP contribution >= 0.6 is 11.6 Å². The molecule has 0 N–H and O–H groups in total. The van der Waals surface area contributed by atoms with E-state index in [9.17, 15) is 0 Å². The van der Waals surface area contributed by atoms with E-state index in [0.717, 1.165) is 23.7 Å². The van der Waals surface area contributed by atoms with Crippen LogP contribution in [-0.4, -0.2) is 20.6 Å². The van der Waals surface area contributed by atoms with E-state index in [4.69, 9.17) is 16.3 Å². The lowest BCUT2D eigenvalue weighted by Gasteiger charge is -2.09. The van der Waals surface area contributed by atoms with Gasteiger partial charge in [-0.15, -0.1) is 11.6 Å². The van der Waals surface area contributed by atoms with Gasteiger partial charge < -0.3 is 4.74 Å². The summed E-state index contributed by atoms with van der Waals surface area (Å²) in [5.41, 5.74) is 0.922. The normalized spacial score (nSPS) is 10.3. The van der Waals surface area contributed by atoms with Crippen molar-refractivity contribution in [1.29, 1.82) is 0 Å². The molecule has 1 heterocycles. The lowest BCUT2D eigenvalue weighted by molar-refractivity contribution is 0.282. The summed E-state index contributed by atoms with van der Waals surface area (Å²) in [6.45, 7) is 5.53. The molecule has 0 saturated carbocycles. The van der Waals surface area contributed by atoms with Crippen LogP contribution in [0, 0.1) is 17.8 Å². The van der Waals surface area contributed by atoms with Crippen molar-refractivity contribution < 1.29 is 4.74 Å². The first-order valence-corrected chi connectivity index (χ1v) is 7.37. The van der Waals surface area contributed by atoms with Gasteiger partial charge in [0.25, 0.3) is 0 Å². The predicted molar refractivity (Wildman–Crippen MR) is 83.2 cm³/mol. The Morgan fingerprint density at radius 3 is 2.71 bits per heavy atom. The molecule has 0 amide bonds. The number of rotatable bonds is 5. The third kappa shape index (κ3) is 4.80. The number of benzene rings is 1. The average Bonchev–Trinajstić information content (AvgIpc) is 2.90. The highest BCUT2D eigenvalue weighted by atomic mass is 35.5. The topological polar surface area (TPSA) is 39.9 Å². The van der Waals surface area contributed by atoms with Crippen molar-refractivity contribution in [3.63, 3.8) is 0 Å². The van der Waals surface area contributed by atoms with Crippen molar-refractivity contribution in [2.45, 2.75) is 27.0 Å². The first-order chi connectivity index (χ1) is 10.2. The monoisotopic (exact) mass is 303 g/mol. The second-order valence-electron chi connectivity index (χ2n) is 5.00. The van der Waals surface area contributed by atoms with Crippen LogP contribution in [-0.2, 0) is 13.2 Å². The number of alkyl halides is 1. The lowest BCUT2D eigenvalue weighted by Crippen LogP contribution is -2.12. The molecule has 0 fully saturated rings. The molecular weight excluding hydrogens is 286 g/mol. The summed E-state index contributed by atoms with van der Waals surface area (Å²) in [4.78, 5) is 4.23. The minimum absolute atomic E-state index is 0.337. The highest BCUT2D eigenvalue weighted by molar-refractivity contribution is 6.19. The van der Waals surface area contributed by atoms with E-state index >= 15 is 0 Å². The Labute approximate surface area is 130 Å². The first-order valence-electron chi connectivity index (χ1n) is 6.83. The van der Waals surface area contributed by atoms with Crippen LogP contribution in [0.25, 0.3) is 0 Å². The summed E-state index contributed by atoms with van der Waals surface area (Å²) in [6, 6.07) is 7.60. The van der Waals surface area contributed by atoms with Crippen molar-refractivity contribution >= 4 is 11.6 Å². The Morgan fingerprint density at radius 2 is 2.05 bits per heavy atom. The van der Waals surface area contributed by atoms with Crippen molar-refractivity contribution in [2.24, 2.45) is 5.92 Å². The molecule has 0 atom stereocenters. The van der Waals surface area contributed by atoms with Gasteiger partial charge in [0.1, 0.15) is 18.7 Å². The van der Waals surface area contributed by atoms with Gasteiger partial charge in [0.2, 0.25) is 0 Å². The van der Waals surface area contributed by atoms with Gasteiger partial charge in [-0.05, 0) is 30.2 Å². The molecule has 0 spiro atoms. The molecule has 2 aromatic rings. The fraction of sp³-hybridized carbons (Fsp3) is 0.375. The molecular formula is C16H18ClN3O. The van der Waals surface area contributed by atoms with Crippen molar-refractivity contribution in [1.82, 2.24) is 14.8 Å². The predicted octanol–water partition coefficient (Wildman–Crippen LogP) is 3.10. The Morgan fingerprint density at radius 1 is 1.29 bits per heavy atom. The zero-order valence-corrected chi connectivity index (χ0v) is 13.0. The lowest BCUT2D eigenvalue weighted by atomic mass is 10.2. The first kappa shape index (κ1) is 15.4. The molecule has 1 aromatic carbocycles. The number of aromatic nitrogens is 3. The molecule has 1 aromatic heterocycles. The SMILES string of the molecule is CC(C)Cn1ncnc1COc1ccc(C#CCCl)cc1. The number of hydrogen-bond donors (Lipinski definition) is 0. The van der Waals surface area contributed by atoms with E-state index < -0.39 is 0 Å². The smallest absolute Gasteiger partial charge is 0.164 e. The zero-order valence-electron chi connectivity index (χ0n) is 12.2. The second kappa shape index (κ2) is 7.70. The van der Waals surface area contributed by atoms with Crippen LogP contribution in [0.4, 0.5) is 0 Å². The molecule has 0 unspecified atom stereocenters. The second-order valence-corrected chi connectivity index (χ2v) is 5.27. The molecule has 4 nitrogen and oxygen atoms in total. The third-order valence-electron chi connectivity index (χ3n) is 2.76. The largest absolute Gasteiger partial charge is 0.486 e. The summed E-state index contributed by atoms with van der Waals surface area (Å²) in [5.74, 6) is 8.24. The molecule has 21 heavy (non-hydrogen) atoms. The van der Waals surface area contributed by atoms with Crippen molar-refractivity contribution in [2.75, 3.05) is 5.88 Å². The highest BCUT2D eigenvalue weighted by Crippen LogP contribution is 2.13. The summed E-state index contributed by atoms with van der Waals surface area (Å²) in [5, 5.41) is 4.21. The maximum atomic E-state index is 5.73. The Hall–Kier alpha value is -1.99. The number of hydrogen-bond acceptors (Lipinski definition) is 3. The van der Waals surface area contributed by atoms with Crippen LogP contribution in [0.2, 0.25) is 0 Å². The fourth-order valence-electron chi connectivity index (χ4n) is 1.82. The standard InChI is InChI=1S/C16H18ClN3O/c1-13(2)10-20-16(18-12-19-20)11-21-15-7-5-14(6-8-15)4-3-9-17/h5-8,12-13H,9-11H2,1-2H3. The fourth-order valence-corrected chi connectivity index (χ4v) is 1.88. The van der Waals surface area contributed by atoms with Crippen molar-refractivity contribution in [3.8, 4) is 17.6 Å². The Balaban J connectivity index is 1.95. The quantitative estimate of drug-likeness (QED) is 0.629. The van der Waals surface area contributed by atoms with Crippen molar-refractivity contribution in [3.05, 3.63) is 42.0 Å². The van der Waals surface area contributed by atoms with Gasteiger partial charge in [0.15, 0.2) is 5.82 Å². The average molecular weight is 304 g/mol. The summed E-state index contributed by atoms with van der Waals surface area (Å²) >= 11 is 5.53. The van der Waals surface area contributed by atoms with E-state index in [1.54, 1.807) is 6.33 Å². The van der Waals surface area contributed by atoms with Crippen LogP contribution in [0.5, 0.6) is 5.75 Å². The van der Waals surface area contributed by atoms with E-state index in [1.807, 2.05) is 28.9 Å². The molecule has 2 rings (SSSR count). The molecule has 0 aliphatic heterocycles. The third-order valence-corrected chi connectivity index (χ3v) is 2.89. The van der Waals surface area contributed by atoms with Gasteiger partial charge >= 0.3 is 0 Å². The van der Waals surface area contributed by atoms with Crippen LogP contribution in [0.1, 0.15) is 25.2 Å². The molecule has 5 heteroatoms. The number of ether oxygens (including phenoxy) is 1. The highest BCUT2D eigenvalue weighted by Gasteiger charge is 2.06. The molecule has 0 saturated heterocycles. The molecule has 0 radical (unpaired) electrons. The summed E-state index contributed by atoms with van der Waals surface area (Å²) in [7, 11) is 0. The minimum Gasteiger partial charge on any atom is -0.486 e. The molecule has 110 valence electrons. The van der Waals surface area contributed by atoms with E-state index in [0.29, 0.717) is 18.4 Å². The molecule has 0 aliphatic carbocycles. The molecule has 0 aliphatic rings. The molecule has 0 bridgehead atoms. The van der Waals surface area contributed by atoms with Crippen LogP contribution in [0.3, 0.4) is 0 Å². The summed E-state index contributed by atoms with van der Waals surface area (Å²) < 4.78 is 7.61. The maximum absolute atomic E-state index is 5.73. The van der Waals surface area contributed by atoms with Gasteiger partial charge in [-0.1, -0.05) is 25.7 Å². The van der Waals surface area contributed by atoms with E-state index in [2.05, 4.69) is 35.8 Å². The number of halogens is 1. The van der Waals surface area contributed by atoms with Gasteiger partial charge in [-0.3, -0.25) is 0 Å². The maximum Gasteiger partial charge on any atom is 0.164 e. The van der Waals surface area contributed by atoms with Gasteiger partial charge in [-0.2, -0.15) is 5.10 Å². The summed E-state index contributed by atoms with van der Waals surface area (Å²) in [6.07, 6.45) is 1.56. The Bertz CT molecular complexity index is 623. The van der Waals surface area contributed by atoms with Crippen LogP contribution in [0.15, 0.2) is 30.6 Å². The minimum atomic E-state index is 0.337.